The van der Waals surface area contributed by atoms with Crippen molar-refractivity contribution in [2.75, 3.05) is 19.8 Å². The molecule has 0 saturated carbocycles. The van der Waals surface area contributed by atoms with E-state index in [-0.39, 0.29) is 25.1 Å². The lowest BCUT2D eigenvalue weighted by Crippen LogP contribution is -2.25. The van der Waals surface area contributed by atoms with Gasteiger partial charge in [-0.05, 0) is 6.42 Å². The topological polar surface area (TPSA) is 55.8 Å². The van der Waals surface area contributed by atoms with E-state index >= 15 is 0 Å². The van der Waals surface area contributed by atoms with Gasteiger partial charge in [0.1, 0.15) is 12.7 Å². The first kappa shape index (κ1) is 14.1. The van der Waals surface area contributed by atoms with E-state index < -0.39 is 6.10 Å². The second-order valence-electron chi connectivity index (χ2n) is 3.42. The van der Waals surface area contributed by atoms with Gasteiger partial charge in [0.05, 0.1) is 19.1 Å². The molecule has 0 radical (unpaired) electrons. The highest BCUT2D eigenvalue weighted by molar-refractivity contribution is 5.71. The zero-order valence-electron chi connectivity index (χ0n) is 9.44. The highest BCUT2D eigenvalue weighted by Crippen LogP contribution is 2.03. The Morgan fingerprint density at radius 1 is 1.53 bits per heavy atom. The van der Waals surface area contributed by atoms with E-state index in [1.54, 1.807) is 13.0 Å². The fraction of sp³-hybridized carbons (Fsp3) is 0.727. The van der Waals surface area contributed by atoms with E-state index in [1.807, 2.05) is 6.92 Å². The summed E-state index contributed by atoms with van der Waals surface area (Å²) in [5.41, 5.74) is 0. The normalized spacial score (nSPS) is 14.3. The van der Waals surface area contributed by atoms with Crippen LogP contribution >= 0.6 is 0 Å². The van der Waals surface area contributed by atoms with Gasteiger partial charge in [-0.15, -0.1) is 6.58 Å². The molecule has 2 atom stereocenters. The molecule has 4 heteroatoms. The molecule has 0 fully saturated rings. The minimum atomic E-state index is -0.766. The van der Waals surface area contributed by atoms with Crippen LogP contribution in [-0.4, -0.2) is 37.0 Å². The quantitative estimate of drug-likeness (QED) is 0.375. The molecule has 0 heterocycles. The molecule has 0 bridgehead atoms. The van der Waals surface area contributed by atoms with E-state index in [4.69, 9.17) is 9.47 Å². The lowest BCUT2D eigenvalue weighted by atomic mass is 10.1. The van der Waals surface area contributed by atoms with Gasteiger partial charge in [-0.3, -0.25) is 4.79 Å². The van der Waals surface area contributed by atoms with Gasteiger partial charge in [0.25, 0.3) is 0 Å². The number of aliphatic hydroxyl groups is 1. The zero-order valence-corrected chi connectivity index (χ0v) is 9.44. The van der Waals surface area contributed by atoms with E-state index in [9.17, 15) is 9.90 Å². The van der Waals surface area contributed by atoms with E-state index in [2.05, 4.69) is 6.58 Å². The van der Waals surface area contributed by atoms with Crippen LogP contribution in [0.5, 0.6) is 0 Å². The molecule has 4 nitrogen and oxygen atoms in total. The molecular weight excluding hydrogens is 196 g/mol. The Balaban J connectivity index is 3.56. The van der Waals surface area contributed by atoms with Crippen molar-refractivity contribution in [3.05, 3.63) is 12.7 Å². The van der Waals surface area contributed by atoms with Crippen LogP contribution in [0.4, 0.5) is 0 Å². The third kappa shape index (κ3) is 7.11. The average molecular weight is 216 g/mol. The summed E-state index contributed by atoms with van der Waals surface area (Å²) in [5, 5.41) is 9.34. The van der Waals surface area contributed by atoms with Crippen LogP contribution in [-0.2, 0) is 14.3 Å². The molecule has 0 rings (SSSR count). The number of carbonyl (C=O) groups is 1. The molecule has 0 aliphatic carbocycles. The largest absolute Gasteiger partial charge is 0.463 e. The number of esters is 1. The monoisotopic (exact) mass is 216 g/mol. The summed E-state index contributed by atoms with van der Waals surface area (Å²) in [4.78, 5) is 11.2. The van der Waals surface area contributed by atoms with Crippen LogP contribution < -0.4 is 0 Å². The molecule has 88 valence electrons. The molecule has 0 aliphatic rings. The molecule has 0 aromatic heterocycles. The van der Waals surface area contributed by atoms with Crippen molar-refractivity contribution in [1.82, 2.24) is 0 Å². The lowest BCUT2D eigenvalue weighted by Gasteiger charge is -2.13. The Bertz CT molecular complexity index is 191. The summed E-state index contributed by atoms with van der Waals surface area (Å²) in [6.07, 6.45) is 1.57. The standard InChI is InChI=1S/C11H20O4/c1-4-6-14-7-10(12)8-15-11(13)9(3)5-2/h4,9-10,12H,1,5-8H2,2-3H3. The van der Waals surface area contributed by atoms with Crippen LogP contribution in [0.25, 0.3) is 0 Å². The van der Waals surface area contributed by atoms with Crippen LogP contribution in [0.1, 0.15) is 20.3 Å². The average Bonchev–Trinajstić information content (AvgIpc) is 2.25. The lowest BCUT2D eigenvalue weighted by molar-refractivity contribution is -0.152. The predicted molar refractivity (Wildman–Crippen MR) is 57.4 cm³/mol. The summed E-state index contributed by atoms with van der Waals surface area (Å²) < 4.78 is 9.90. The van der Waals surface area contributed by atoms with Crippen molar-refractivity contribution < 1.29 is 19.4 Å². The van der Waals surface area contributed by atoms with Gasteiger partial charge in [-0.2, -0.15) is 0 Å². The van der Waals surface area contributed by atoms with Crippen molar-refractivity contribution in [3.63, 3.8) is 0 Å². The molecule has 0 spiro atoms. The van der Waals surface area contributed by atoms with Crippen molar-refractivity contribution in [1.29, 1.82) is 0 Å². The predicted octanol–water partition coefficient (Wildman–Crippen LogP) is 1.14. The maximum absolute atomic E-state index is 11.2. The molecule has 15 heavy (non-hydrogen) atoms. The second kappa shape index (κ2) is 8.44. The molecule has 0 aromatic carbocycles. The van der Waals surface area contributed by atoms with Crippen molar-refractivity contribution >= 4 is 5.97 Å². The highest BCUT2D eigenvalue weighted by atomic mass is 16.5. The zero-order chi connectivity index (χ0) is 11.7. The van der Waals surface area contributed by atoms with Gasteiger partial charge in [0.15, 0.2) is 0 Å². The van der Waals surface area contributed by atoms with Gasteiger partial charge in [-0.25, -0.2) is 0 Å². The van der Waals surface area contributed by atoms with Crippen molar-refractivity contribution in [2.24, 2.45) is 5.92 Å². The Morgan fingerprint density at radius 3 is 2.73 bits per heavy atom. The summed E-state index contributed by atoms with van der Waals surface area (Å²) >= 11 is 0. The summed E-state index contributed by atoms with van der Waals surface area (Å²) in [5.74, 6) is -0.397. The minimum Gasteiger partial charge on any atom is -0.463 e. The minimum absolute atomic E-state index is 0.0136. The number of carbonyl (C=O) groups excluding carboxylic acids is 1. The smallest absolute Gasteiger partial charge is 0.308 e. The third-order valence-electron chi connectivity index (χ3n) is 1.98. The van der Waals surface area contributed by atoms with Crippen LogP contribution in [0.3, 0.4) is 0 Å². The van der Waals surface area contributed by atoms with Crippen LogP contribution in [0.2, 0.25) is 0 Å². The maximum atomic E-state index is 11.2. The van der Waals surface area contributed by atoms with Crippen molar-refractivity contribution in [3.8, 4) is 0 Å². The number of hydrogen-bond acceptors (Lipinski definition) is 4. The molecule has 0 aliphatic heterocycles. The molecular formula is C11H20O4. The SMILES string of the molecule is C=CCOCC(O)COC(=O)C(C)CC. The van der Waals surface area contributed by atoms with Gasteiger partial charge in [0.2, 0.25) is 0 Å². The fourth-order valence-corrected chi connectivity index (χ4v) is 0.823. The molecule has 0 saturated heterocycles. The molecule has 0 amide bonds. The van der Waals surface area contributed by atoms with E-state index in [1.165, 1.54) is 0 Å². The molecule has 2 unspecified atom stereocenters. The Labute approximate surface area is 90.9 Å². The van der Waals surface area contributed by atoms with Gasteiger partial charge in [0, 0.05) is 0 Å². The second-order valence-corrected chi connectivity index (χ2v) is 3.42. The first-order valence-electron chi connectivity index (χ1n) is 5.15. The fourth-order valence-electron chi connectivity index (χ4n) is 0.823. The number of rotatable bonds is 8. The first-order chi connectivity index (χ1) is 7.11. The van der Waals surface area contributed by atoms with Gasteiger partial charge in [-0.1, -0.05) is 19.9 Å². The van der Waals surface area contributed by atoms with E-state index in [0.29, 0.717) is 6.61 Å². The maximum Gasteiger partial charge on any atom is 0.308 e. The Hall–Kier alpha value is -0.870. The number of ether oxygens (including phenoxy) is 2. The third-order valence-corrected chi connectivity index (χ3v) is 1.98. The summed E-state index contributed by atoms with van der Waals surface area (Å²) in [6.45, 7) is 7.71. The number of hydrogen-bond donors (Lipinski definition) is 1. The molecule has 0 aromatic rings. The van der Waals surface area contributed by atoms with Crippen LogP contribution in [0, 0.1) is 5.92 Å². The van der Waals surface area contributed by atoms with E-state index in [0.717, 1.165) is 6.42 Å². The number of aliphatic hydroxyl groups excluding tert-OH is 1. The van der Waals surface area contributed by atoms with Crippen molar-refractivity contribution in [2.45, 2.75) is 26.4 Å². The summed E-state index contributed by atoms with van der Waals surface area (Å²) in [7, 11) is 0. The Kier molecular flexibility index (Phi) is 7.95. The van der Waals surface area contributed by atoms with Gasteiger partial charge < -0.3 is 14.6 Å². The van der Waals surface area contributed by atoms with Crippen LogP contribution in [0.15, 0.2) is 12.7 Å². The summed E-state index contributed by atoms with van der Waals surface area (Å²) in [6, 6.07) is 0. The Morgan fingerprint density at radius 2 is 2.20 bits per heavy atom. The molecule has 1 N–H and O–H groups in total. The first-order valence-corrected chi connectivity index (χ1v) is 5.15. The highest BCUT2D eigenvalue weighted by Gasteiger charge is 2.14. The van der Waals surface area contributed by atoms with Gasteiger partial charge >= 0.3 is 5.97 Å².